The Labute approximate surface area is 106 Å². The first-order valence-electron chi connectivity index (χ1n) is 6.14. The summed E-state index contributed by atoms with van der Waals surface area (Å²) in [6.45, 7) is 3.86. The number of nitrogens with one attached hydrogen (secondary N) is 1. The van der Waals surface area contributed by atoms with Crippen LogP contribution >= 0.6 is 0 Å². The number of ether oxygens (including phenoxy) is 1. The molecule has 0 radical (unpaired) electrons. The third-order valence-corrected chi connectivity index (χ3v) is 3.09. The molecule has 0 saturated carbocycles. The minimum atomic E-state index is -0.0692. The molecule has 1 aromatic rings. The number of aromatic nitrogens is 2. The van der Waals surface area contributed by atoms with E-state index in [9.17, 15) is 4.79 Å². The van der Waals surface area contributed by atoms with Gasteiger partial charge in [-0.25, -0.2) is 9.97 Å². The van der Waals surface area contributed by atoms with Gasteiger partial charge in [0.2, 0.25) is 0 Å². The lowest BCUT2D eigenvalue weighted by atomic mass is 10.1. The normalized spacial score (nSPS) is 19.7. The van der Waals surface area contributed by atoms with Crippen molar-refractivity contribution in [2.45, 2.75) is 19.4 Å². The summed E-state index contributed by atoms with van der Waals surface area (Å²) in [5.41, 5.74) is 0.384. The van der Waals surface area contributed by atoms with Gasteiger partial charge in [0, 0.05) is 13.6 Å². The topological polar surface area (TPSA) is 67.3 Å². The molecule has 0 aliphatic carbocycles. The molecule has 1 atom stereocenters. The predicted molar refractivity (Wildman–Crippen MR) is 67.5 cm³/mol. The minimum absolute atomic E-state index is 0.0692. The van der Waals surface area contributed by atoms with Crippen molar-refractivity contribution in [2.24, 2.45) is 0 Å². The molecule has 1 unspecified atom stereocenters. The molecule has 1 aliphatic heterocycles. The summed E-state index contributed by atoms with van der Waals surface area (Å²) in [7, 11) is 1.76. The van der Waals surface area contributed by atoms with Crippen LogP contribution in [0.25, 0.3) is 0 Å². The lowest BCUT2D eigenvalue weighted by Crippen LogP contribution is -2.48. The van der Waals surface area contributed by atoms with Gasteiger partial charge in [-0.1, -0.05) is 6.92 Å². The highest BCUT2D eigenvalue weighted by atomic mass is 16.5. The number of carbonyl (C=O) groups is 1. The highest BCUT2D eigenvalue weighted by Crippen LogP contribution is 2.13. The molecule has 98 valence electrons. The lowest BCUT2D eigenvalue weighted by molar-refractivity contribution is -0.00312. The summed E-state index contributed by atoms with van der Waals surface area (Å²) in [6.07, 6.45) is 3.96. The quantitative estimate of drug-likeness (QED) is 0.858. The lowest BCUT2D eigenvalue weighted by Gasteiger charge is -2.34. The Morgan fingerprint density at radius 2 is 2.39 bits per heavy atom. The molecule has 6 heteroatoms. The molecular formula is C12H18N4O2. The number of morpholine rings is 1. The first-order chi connectivity index (χ1) is 8.76. The monoisotopic (exact) mass is 250 g/mol. The summed E-state index contributed by atoms with van der Waals surface area (Å²) < 4.78 is 5.39. The molecule has 1 aliphatic rings. The maximum Gasteiger partial charge on any atom is 0.274 e. The fourth-order valence-corrected chi connectivity index (χ4v) is 1.98. The highest BCUT2D eigenvalue weighted by Gasteiger charge is 2.27. The average molecular weight is 250 g/mol. The largest absolute Gasteiger partial charge is 0.377 e. The molecule has 0 aromatic carbocycles. The van der Waals surface area contributed by atoms with Crippen LogP contribution in [0.3, 0.4) is 0 Å². The van der Waals surface area contributed by atoms with Crippen LogP contribution < -0.4 is 5.32 Å². The second kappa shape index (κ2) is 5.77. The van der Waals surface area contributed by atoms with Gasteiger partial charge < -0.3 is 15.0 Å². The van der Waals surface area contributed by atoms with Crippen LogP contribution in [0, 0.1) is 0 Å². The zero-order valence-electron chi connectivity index (χ0n) is 10.7. The summed E-state index contributed by atoms with van der Waals surface area (Å²) in [4.78, 5) is 22.4. The third kappa shape index (κ3) is 2.59. The number of rotatable bonds is 3. The van der Waals surface area contributed by atoms with Crippen LogP contribution in [0.2, 0.25) is 0 Å². The van der Waals surface area contributed by atoms with Gasteiger partial charge in [0.25, 0.3) is 5.91 Å². The van der Waals surface area contributed by atoms with Crippen LogP contribution in [0.4, 0.5) is 5.82 Å². The molecule has 1 saturated heterocycles. The zero-order valence-corrected chi connectivity index (χ0v) is 10.7. The third-order valence-electron chi connectivity index (χ3n) is 3.09. The predicted octanol–water partition coefficient (Wildman–Crippen LogP) is 0.769. The molecule has 18 heavy (non-hydrogen) atoms. The fraction of sp³-hybridized carbons (Fsp3) is 0.583. The summed E-state index contributed by atoms with van der Waals surface area (Å²) in [5, 5.41) is 2.87. The van der Waals surface area contributed by atoms with Crippen molar-refractivity contribution in [2.75, 3.05) is 32.1 Å². The van der Waals surface area contributed by atoms with E-state index in [1.165, 1.54) is 6.20 Å². The molecule has 1 aromatic heterocycles. The van der Waals surface area contributed by atoms with Crippen LogP contribution in [-0.4, -0.2) is 53.6 Å². The van der Waals surface area contributed by atoms with Crippen LogP contribution in [0.1, 0.15) is 23.8 Å². The van der Waals surface area contributed by atoms with E-state index >= 15 is 0 Å². The van der Waals surface area contributed by atoms with Crippen molar-refractivity contribution in [1.82, 2.24) is 14.9 Å². The van der Waals surface area contributed by atoms with Gasteiger partial charge in [-0.2, -0.15) is 0 Å². The van der Waals surface area contributed by atoms with Crippen molar-refractivity contribution in [3.05, 3.63) is 18.1 Å². The molecule has 1 amide bonds. The molecular weight excluding hydrogens is 232 g/mol. The van der Waals surface area contributed by atoms with Crippen LogP contribution in [0.15, 0.2) is 12.4 Å². The van der Waals surface area contributed by atoms with E-state index in [2.05, 4.69) is 22.2 Å². The van der Waals surface area contributed by atoms with Crippen molar-refractivity contribution >= 4 is 11.7 Å². The number of hydrogen-bond donors (Lipinski definition) is 1. The van der Waals surface area contributed by atoms with Crippen LogP contribution in [-0.2, 0) is 4.74 Å². The van der Waals surface area contributed by atoms with E-state index in [0.29, 0.717) is 31.3 Å². The van der Waals surface area contributed by atoms with E-state index in [1.54, 1.807) is 13.2 Å². The van der Waals surface area contributed by atoms with Gasteiger partial charge in [0.1, 0.15) is 11.5 Å². The second-order valence-electron chi connectivity index (χ2n) is 4.17. The van der Waals surface area contributed by atoms with Crippen molar-refractivity contribution < 1.29 is 9.53 Å². The standard InChI is InChI=1S/C12H18N4O2/c1-3-9-8-18-5-4-16(9)12(17)10-6-15-11(13-2)7-14-10/h6-7,9H,3-5,8H2,1-2H3,(H,13,15). The molecule has 2 heterocycles. The molecule has 0 bridgehead atoms. The van der Waals surface area contributed by atoms with Crippen molar-refractivity contribution in [3.8, 4) is 0 Å². The SMILES string of the molecule is CCC1COCCN1C(=O)c1cnc(NC)cn1. The van der Waals surface area contributed by atoms with E-state index < -0.39 is 0 Å². The Morgan fingerprint density at radius 1 is 1.56 bits per heavy atom. The van der Waals surface area contributed by atoms with Gasteiger partial charge in [0.05, 0.1) is 31.6 Å². The zero-order chi connectivity index (χ0) is 13.0. The Bertz CT molecular complexity index is 407. The Kier molecular flexibility index (Phi) is 4.09. The molecule has 2 rings (SSSR count). The van der Waals surface area contributed by atoms with Crippen molar-refractivity contribution in [3.63, 3.8) is 0 Å². The maximum absolute atomic E-state index is 12.3. The first-order valence-corrected chi connectivity index (χ1v) is 6.14. The summed E-state index contributed by atoms with van der Waals surface area (Å²) in [6, 6.07) is 0.136. The smallest absolute Gasteiger partial charge is 0.274 e. The Hall–Kier alpha value is -1.69. The van der Waals surface area contributed by atoms with E-state index in [-0.39, 0.29) is 11.9 Å². The number of carbonyl (C=O) groups excluding carboxylic acids is 1. The average Bonchev–Trinajstić information content (AvgIpc) is 2.46. The fourth-order valence-electron chi connectivity index (χ4n) is 1.98. The Morgan fingerprint density at radius 3 is 3.00 bits per heavy atom. The minimum Gasteiger partial charge on any atom is -0.377 e. The molecule has 1 N–H and O–H groups in total. The van der Waals surface area contributed by atoms with Gasteiger partial charge in [-0.3, -0.25) is 4.79 Å². The number of amides is 1. The van der Waals surface area contributed by atoms with Gasteiger partial charge in [-0.05, 0) is 6.42 Å². The Balaban J connectivity index is 2.13. The molecule has 0 spiro atoms. The molecule has 1 fully saturated rings. The van der Waals surface area contributed by atoms with E-state index in [1.807, 2.05) is 4.90 Å². The van der Waals surface area contributed by atoms with Crippen LogP contribution in [0.5, 0.6) is 0 Å². The number of anilines is 1. The number of hydrogen-bond acceptors (Lipinski definition) is 5. The van der Waals surface area contributed by atoms with Gasteiger partial charge >= 0.3 is 0 Å². The van der Waals surface area contributed by atoms with Gasteiger partial charge in [-0.15, -0.1) is 0 Å². The van der Waals surface area contributed by atoms with Gasteiger partial charge in [0.15, 0.2) is 0 Å². The number of nitrogens with zero attached hydrogens (tertiary/aromatic N) is 3. The summed E-state index contributed by atoms with van der Waals surface area (Å²) >= 11 is 0. The second-order valence-corrected chi connectivity index (χ2v) is 4.17. The van der Waals surface area contributed by atoms with Crippen molar-refractivity contribution in [1.29, 1.82) is 0 Å². The highest BCUT2D eigenvalue weighted by molar-refractivity contribution is 5.92. The maximum atomic E-state index is 12.3. The summed E-state index contributed by atoms with van der Waals surface area (Å²) in [5.74, 6) is 0.584. The first kappa shape index (κ1) is 12.8. The van der Waals surface area contributed by atoms with E-state index in [4.69, 9.17) is 4.74 Å². The van der Waals surface area contributed by atoms with E-state index in [0.717, 1.165) is 6.42 Å². The molecule has 6 nitrogen and oxygen atoms in total.